The molecular formula is C14H19NO4S2. The Morgan fingerprint density at radius 1 is 1.43 bits per heavy atom. The van der Waals surface area contributed by atoms with E-state index in [-0.39, 0.29) is 17.0 Å². The van der Waals surface area contributed by atoms with Crippen LogP contribution in [0.2, 0.25) is 0 Å². The monoisotopic (exact) mass is 329 g/mol. The first kappa shape index (κ1) is 16.3. The number of thioether (sulfide) groups is 1. The van der Waals surface area contributed by atoms with Crippen LogP contribution in [-0.4, -0.2) is 46.7 Å². The number of carboxylic acids is 1. The van der Waals surface area contributed by atoms with Crippen LogP contribution in [0, 0.1) is 0 Å². The number of benzene rings is 1. The van der Waals surface area contributed by atoms with Crippen LogP contribution in [0.25, 0.3) is 0 Å². The molecule has 116 valence electrons. The molecule has 1 aromatic rings. The van der Waals surface area contributed by atoms with Gasteiger partial charge in [0.2, 0.25) is 10.0 Å². The Bertz CT molecular complexity index is 603. The van der Waals surface area contributed by atoms with E-state index in [1.807, 2.05) is 37.3 Å². The maximum atomic E-state index is 12.6. The molecule has 1 aliphatic rings. The van der Waals surface area contributed by atoms with Crippen LogP contribution in [0.5, 0.6) is 0 Å². The van der Waals surface area contributed by atoms with Gasteiger partial charge in [-0.25, -0.2) is 8.42 Å². The Balaban J connectivity index is 2.19. The molecule has 2 rings (SSSR count). The summed E-state index contributed by atoms with van der Waals surface area (Å²) in [7, 11) is -3.62. The number of hydrogen-bond donors (Lipinski definition) is 1. The first-order valence-electron chi connectivity index (χ1n) is 6.73. The minimum absolute atomic E-state index is 0.0777. The van der Waals surface area contributed by atoms with Crippen LogP contribution in [0.4, 0.5) is 0 Å². The van der Waals surface area contributed by atoms with Gasteiger partial charge in [-0.3, -0.25) is 4.79 Å². The highest BCUT2D eigenvalue weighted by molar-refractivity contribution is 8.01. The molecular weight excluding hydrogens is 310 g/mol. The van der Waals surface area contributed by atoms with Crippen LogP contribution in [0.1, 0.15) is 25.3 Å². The van der Waals surface area contributed by atoms with Crippen LogP contribution in [0.3, 0.4) is 0 Å². The topological polar surface area (TPSA) is 74.7 Å². The molecule has 1 saturated heterocycles. The molecule has 0 saturated carbocycles. The molecule has 0 amide bonds. The summed E-state index contributed by atoms with van der Waals surface area (Å²) in [5.74, 6) is -1.03. The van der Waals surface area contributed by atoms with E-state index in [0.29, 0.717) is 5.75 Å². The predicted molar refractivity (Wildman–Crippen MR) is 83.8 cm³/mol. The van der Waals surface area contributed by atoms with E-state index in [1.54, 1.807) is 6.92 Å². The Hall–Kier alpha value is -1.05. The molecule has 1 fully saturated rings. The van der Waals surface area contributed by atoms with Crippen molar-refractivity contribution in [2.75, 3.05) is 11.5 Å². The molecule has 1 heterocycles. The second kappa shape index (κ2) is 6.37. The molecule has 0 aliphatic carbocycles. The number of sulfonamides is 1. The minimum Gasteiger partial charge on any atom is -0.480 e. The smallest absolute Gasteiger partial charge is 0.322 e. The molecule has 7 heteroatoms. The van der Waals surface area contributed by atoms with E-state index in [2.05, 4.69) is 0 Å². The van der Waals surface area contributed by atoms with Crippen molar-refractivity contribution in [2.45, 2.75) is 31.2 Å². The van der Waals surface area contributed by atoms with E-state index in [4.69, 9.17) is 0 Å². The standard InChI is InChI=1S/C14H19NO4S2/c1-10(12-6-4-3-5-7-12)9-21(18,19)15-11(2)20-8-13(15)14(16)17/h3-7,10-11,13H,8-9H2,1-2H3,(H,16,17). The van der Waals surface area contributed by atoms with Gasteiger partial charge in [-0.05, 0) is 18.4 Å². The van der Waals surface area contributed by atoms with Gasteiger partial charge in [-0.2, -0.15) is 4.31 Å². The van der Waals surface area contributed by atoms with Gasteiger partial charge in [0, 0.05) is 5.75 Å². The number of aliphatic carboxylic acids is 1. The van der Waals surface area contributed by atoms with Crippen molar-refractivity contribution < 1.29 is 18.3 Å². The summed E-state index contributed by atoms with van der Waals surface area (Å²) in [4.78, 5) is 11.2. The van der Waals surface area contributed by atoms with E-state index in [9.17, 15) is 18.3 Å². The molecule has 0 radical (unpaired) electrons. The second-order valence-corrected chi connectivity index (χ2v) is 8.47. The van der Waals surface area contributed by atoms with E-state index in [1.165, 1.54) is 11.8 Å². The third kappa shape index (κ3) is 3.59. The highest BCUT2D eigenvalue weighted by atomic mass is 32.2. The Morgan fingerprint density at radius 3 is 2.62 bits per heavy atom. The Morgan fingerprint density at radius 2 is 2.05 bits per heavy atom. The minimum atomic E-state index is -3.62. The first-order chi connectivity index (χ1) is 9.83. The average Bonchev–Trinajstić information content (AvgIpc) is 2.82. The van der Waals surface area contributed by atoms with Gasteiger partial charge in [0.1, 0.15) is 6.04 Å². The van der Waals surface area contributed by atoms with Gasteiger partial charge in [0.15, 0.2) is 0 Å². The van der Waals surface area contributed by atoms with Crippen LogP contribution in [0.15, 0.2) is 30.3 Å². The van der Waals surface area contributed by atoms with E-state index in [0.717, 1.165) is 9.87 Å². The van der Waals surface area contributed by atoms with Crippen LogP contribution < -0.4 is 0 Å². The summed E-state index contributed by atoms with van der Waals surface area (Å²) in [5, 5.41) is 8.86. The lowest BCUT2D eigenvalue weighted by Gasteiger charge is -2.25. The second-order valence-electron chi connectivity index (χ2n) is 5.21. The van der Waals surface area contributed by atoms with Crippen molar-refractivity contribution >= 4 is 27.8 Å². The third-order valence-corrected chi connectivity index (χ3v) is 7.08. The zero-order valence-electron chi connectivity index (χ0n) is 12.0. The third-order valence-electron chi connectivity index (χ3n) is 3.60. The fourth-order valence-corrected chi connectivity index (χ4v) is 6.24. The lowest BCUT2D eigenvalue weighted by Crippen LogP contribution is -2.46. The number of hydrogen-bond acceptors (Lipinski definition) is 4. The van der Waals surface area contributed by atoms with Crippen molar-refractivity contribution in [1.82, 2.24) is 4.31 Å². The molecule has 1 aliphatic heterocycles. The van der Waals surface area contributed by atoms with Gasteiger partial charge >= 0.3 is 5.97 Å². The normalized spacial score (nSPS) is 24.9. The Kier molecular flexibility index (Phi) is 4.95. The fraction of sp³-hybridized carbons (Fsp3) is 0.500. The van der Waals surface area contributed by atoms with Gasteiger partial charge in [-0.15, -0.1) is 11.8 Å². The molecule has 0 aromatic heterocycles. The fourth-order valence-electron chi connectivity index (χ4n) is 2.51. The summed E-state index contributed by atoms with van der Waals surface area (Å²) < 4.78 is 26.3. The summed E-state index contributed by atoms with van der Waals surface area (Å²) in [6, 6.07) is 8.43. The SMILES string of the molecule is CC(CS(=O)(=O)N1C(C)SCC1C(=O)O)c1ccccc1. The van der Waals surface area contributed by atoms with Crippen molar-refractivity contribution in [3.63, 3.8) is 0 Å². The maximum absolute atomic E-state index is 12.6. The molecule has 21 heavy (non-hydrogen) atoms. The largest absolute Gasteiger partial charge is 0.480 e. The molecule has 1 aromatic carbocycles. The molecule has 3 unspecified atom stereocenters. The molecule has 0 spiro atoms. The first-order valence-corrected chi connectivity index (χ1v) is 9.39. The molecule has 5 nitrogen and oxygen atoms in total. The van der Waals surface area contributed by atoms with Crippen molar-refractivity contribution in [2.24, 2.45) is 0 Å². The highest BCUT2D eigenvalue weighted by Crippen LogP contribution is 2.33. The summed E-state index contributed by atoms with van der Waals surface area (Å²) in [5.41, 5.74) is 0.937. The zero-order chi connectivity index (χ0) is 15.6. The highest BCUT2D eigenvalue weighted by Gasteiger charge is 2.44. The predicted octanol–water partition coefficient (Wildman–Crippen LogP) is 1.97. The maximum Gasteiger partial charge on any atom is 0.322 e. The quantitative estimate of drug-likeness (QED) is 0.894. The van der Waals surface area contributed by atoms with Gasteiger partial charge in [0.25, 0.3) is 0 Å². The molecule has 0 bridgehead atoms. The molecule has 3 atom stereocenters. The number of carbonyl (C=O) groups is 1. The Labute approximate surface area is 129 Å². The number of rotatable bonds is 5. The summed E-state index contributed by atoms with van der Waals surface area (Å²) in [6.07, 6.45) is 0. The lowest BCUT2D eigenvalue weighted by molar-refractivity contribution is -0.140. The van der Waals surface area contributed by atoms with Crippen LogP contribution in [-0.2, 0) is 14.8 Å². The number of carboxylic acid groups (broad SMARTS) is 1. The van der Waals surface area contributed by atoms with Crippen molar-refractivity contribution in [3.05, 3.63) is 35.9 Å². The van der Waals surface area contributed by atoms with E-state index < -0.39 is 22.0 Å². The van der Waals surface area contributed by atoms with Crippen molar-refractivity contribution in [1.29, 1.82) is 0 Å². The summed E-state index contributed by atoms with van der Waals surface area (Å²) >= 11 is 1.36. The zero-order valence-corrected chi connectivity index (χ0v) is 13.6. The summed E-state index contributed by atoms with van der Waals surface area (Å²) in [6.45, 7) is 3.58. The van der Waals surface area contributed by atoms with E-state index >= 15 is 0 Å². The average molecular weight is 329 g/mol. The van der Waals surface area contributed by atoms with Gasteiger partial charge in [-0.1, -0.05) is 37.3 Å². The lowest BCUT2D eigenvalue weighted by atomic mass is 10.0. The number of nitrogens with zero attached hydrogens (tertiary/aromatic N) is 1. The van der Waals surface area contributed by atoms with Gasteiger partial charge in [0.05, 0.1) is 11.1 Å². The van der Waals surface area contributed by atoms with Crippen molar-refractivity contribution in [3.8, 4) is 0 Å². The van der Waals surface area contributed by atoms with Gasteiger partial charge < -0.3 is 5.11 Å². The molecule has 1 N–H and O–H groups in total. The van der Waals surface area contributed by atoms with Crippen LogP contribution >= 0.6 is 11.8 Å².